The number of hydrogen-bond acceptors (Lipinski definition) is 7. The monoisotopic (exact) mass is 387 g/mol. The fourth-order valence-electron chi connectivity index (χ4n) is 2.02. The van der Waals surface area contributed by atoms with Gasteiger partial charge in [-0.25, -0.2) is 21.6 Å². The molecule has 1 aromatic carbocycles. The van der Waals surface area contributed by atoms with Crippen LogP contribution in [0.25, 0.3) is 0 Å². The van der Waals surface area contributed by atoms with E-state index in [1.165, 1.54) is 23.0 Å². The van der Waals surface area contributed by atoms with Gasteiger partial charge in [0.1, 0.15) is 4.90 Å². The van der Waals surface area contributed by atoms with Crippen molar-refractivity contribution in [3.05, 3.63) is 36.2 Å². The quantitative estimate of drug-likeness (QED) is 0.730. The Kier molecular flexibility index (Phi) is 5.18. The summed E-state index contributed by atoms with van der Waals surface area (Å²) in [5.74, 6) is -0.733. The molecule has 0 atom stereocenters. The van der Waals surface area contributed by atoms with Crippen LogP contribution in [0.1, 0.15) is 17.3 Å². The molecule has 0 radical (unpaired) electrons. The van der Waals surface area contributed by atoms with Crippen molar-refractivity contribution in [2.24, 2.45) is 0 Å². The first-order chi connectivity index (χ1) is 11.6. The standard InChI is InChI=1S/C14H17N3O6S2/c1-4-17-9-11(8-15-17)25(21,22)16-12-6-5-10(14(18)23-2)7-13(12)24(3,19)20/h5-9,16H,4H2,1-3H3. The average molecular weight is 387 g/mol. The Balaban J connectivity index is 2.50. The molecule has 2 rings (SSSR count). The Bertz CT molecular complexity index is 1010. The Morgan fingerprint density at radius 2 is 1.96 bits per heavy atom. The van der Waals surface area contributed by atoms with Gasteiger partial charge in [-0.1, -0.05) is 0 Å². The number of nitrogens with one attached hydrogen (secondary N) is 1. The lowest BCUT2D eigenvalue weighted by Crippen LogP contribution is -2.16. The minimum absolute atomic E-state index is 0.00956. The summed E-state index contributed by atoms with van der Waals surface area (Å²) in [5, 5.41) is 3.88. The third-order valence-corrected chi connectivity index (χ3v) is 5.75. The van der Waals surface area contributed by atoms with Crippen LogP contribution in [0.3, 0.4) is 0 Å². The molecule has 0 saturated heterocycles. The Labute approximate surface area is 145 Å². The van der Waals surface area contributed by atoms with Crippen LogP contribution in [0.15, 0.2) is 40.4 Å². The van der Waals surface area contributed by atoms with Gasteiger partial charge in [0.2, 0.25) is 0 Å². The zero-order valence-electron chi connectivity index (χ0n) is 13.8. The molecular weight excluding hydrogens is 370 g/mol. The number of benzene rings is 1. The predicted molar refractivity (Wildman–Crippen MR) is 89.6 cm³/mol. The maximum absolute atomic E-state index is 12.4. The second-order valence-electron chi connectivity index (χ2n) is 5.11. The minimum Gasteiger partial charge on any atom is -0.465 e. The van der Waals surface area contributed by atoms with Crippen LogP contribution in [-0.4, -0.2) is 46.0 Å². The summed E-state index contributed by atoms with van der Waals surface area (Å²) in [6.07, 6.45) is 3.40. The van der Waals surface area contributed by atoms with Gasteiger partial charge in [-0.15, -0.1) is 0 Å². The molecule has 11 heteroatoms. The van der Waals surface area contributed by atoms with Gasteiger partial charge in [0.25, 0.3) is 10.0 Å². The van der Waals surface area contributed by atoms with Crippen molar-refractivity contribution in [1.29, 1.82) is 0 Å². The highest BCUT2D eigenvalue weighted by atomic mass is 32.2. The summed E-state index contributed by atoms with van der Waals surface area (Å²) >= 11 is 0. The summed E-state index contributed by atoms with van der Waals surface area (Å²) in [6, 6.07) is 3.53. The number of sulfone groups is 1. The fraction of sp³-hybridized carbons (Fsp3) is 0.286. The van der Waals surface area contributed by atoms with E-state index in [0.29, 0.717) is 6.54 Å². The second-order valence-corrected chi connectivity index (χ2v) is 8.78. The molecule has 0 amide bonds. The zero-order valence-corrected chi connectivity index (χ0v) is 15.4. The van der Waals surface area contributed by atoms with E-state index in [-0.39, 0.29) is 21.0 Å². The van der Waals surface area contributed by atoms with Crippen LogP contribution in [0.2, 0.25) is 0 Å². The summed E-state index contributed by atoms with van der Waals surface area (Å²) in [4.78, 5) is 11.1. The lowest BCUT2D eigenvalue weighted by atomic mass is 10.2. The number of rotatable bonds is 6. The molecule has 1 heterocycles. The maximum Gasteiger partial charge on any atom is 0.337 e. The van der Waals surface area contributed by atoms with E-state index >= 15 is 0 Å². The first-order valence-corrected chi connectivity index (χ1v) is 10.4. The molecule has 1 aromatic heterocycles. The Morgan fingerprint density at radius 1 is 1.28 bits per heavy atom. The molecule has 136 valence electrons. The summed E-state index contributed by atoms with van der Waals surface area (Å²) < 4.78 is 57.0. The first kappa shape index (κ1) is 18.9. The van der Waals surface area contributed by atoms with Gasteiger partial charge in [-0.05, 0) is 25.1 Å². The van der Waals surface area contributed by atoms with E-state index in [4.69, 9.17) is 0 Å². The molecular formula is C14H17N3O6S2. The molecule has 0 fully saturated rings. The molecule has 2 aromatic rings. The summed E-state index contributed by atoms with van der Waals surface area (Å²) in [7, 11) is -6.69. The third kappa shape index (κ3) is 4.17. The molecule has 0 aliphatic rings. The number of aromatic nitrogens is 2. The lowest BCUT2D eigenvalue weighted by molar-refractivity contribution is 0.0600. The predicted octanol–water partition coefficient (Wildman–Crippen LogP) is 0.894. The van der Waals surface area contributed by atoms with Crippen molar-refractivity contribution in [1.82, 2.24) is 9.78 Å². The third-order valence-electron chi connectivity index (χ3n) is 3.29. The molecule has 9 nitrogen and oxygen atoms in total. The SMILES string of the molecule is CCn1cc(S(=O)(=O)Nc2ccc(C(=O)OC)cc2S(C)(=O)=O)cn1. The molecule has 0 aliphatic heterocycles. The number of carbonyl (C=O) groups excluding carboxylic acids is 1. The molecule has 25 heavy (non-hydrogen) atoms. The largest absolute Gasteiger partial charge is 0.465 e. The van der Waals surface area contributed by atoms with Crippen molar-refractivity contribution in [3.63, 3.8) is 0 Å². The molecule has 0 aliphatic carbocycles. The van der Waals surface area contributed by atoms with E-state index in [2.05, 4.69) is 14.6 Å². The highest BCUT2D eigenvalue weighted by Crippen LogP contribution is 2.26. The number of ether oxygens (including phenoxy) is 1. The van der Waals surface area contributed by atoms with Crippen molar-refractivity contribution in [2.45, 2.75) is 23.3 Å². The highest BCUT2D eigenvalue weighted by Gasteiger charge is 2.23. The number of sulfonamides is 1. The van der Waals surface area contributed by atoms with Gasteiger partial charge in [0, 0.05) is 19.0 Å². The van der Waals surface area contributed by atoms with Crippen LogP contribution in [0.4, 0.5) is 5.69 Å². The highest BCUT2D eigenvalue weighted by molar-refractivity contribution is 7.93. The molecule has 0 saturated carbocycles. The number of methoxy groups -OCH3 is 1. The van der Waals surface area contributed by atoms with E-state index in [1.54, 1.807) is 6.92 Å². The van der Waals surface area contributed by atoms with Crippen LogP contribution in [0, 0.1) is 0 Å². The van der Waals surface area contributed by atoms with Crippen molar-refractivity contribution >= 4 is 31.5 Å². The van der Waals surface area contributed by atoms with Gasteiger partial charge in [0.15, 0.2) is 9.84 Å². The zero-order chi connectivity index (χ0) is 18.8. The molecule has 0 bridgehead atoms. The second kappa shape index (κ2) is 6.84. The van der Waals surface area contributed by atoms with Crippen molar-refractivity contribution < 1.29 is 26.4 Å². The molecule has 1 N–H and O–H groups in total. The summed E-state index contributed by atoms with van der Waals surface area (Å²) in [6.45, 7) is 2.28. The average Bonchev–Trinajstić information content (AvgIpc) is 3.03. The van der Waals surface area contributed by atoms with E-state index in [0.717, 1.165) is 25.6 Å². The van der Waals surface area contributed by atoms with Gasteiger partial charge >= 0.3 is 5.97 Å². The first-order valence-electron chi connectivity index (χ1n) is 7.06. The van der Waals surface area contributed by atoms with E-state index < -0.39 is 25.8 Å². The van der Waals surface area contributed by atoms with Gasteiger partial charge < -0.3 is 4.74 Å². The fourth-order valence-corrected chi connectivity index (χ4v) is 3.97. The van der Waals surface area contributed by atoms with Gasteiger partial charge in [-0.3, -0.25) is 9.40 Å². The topological polar surface area (TPSA) is 124 Å². The normalized spacial score (nSPS) is 12.0. The minimum atomic E-state index is -4.04. The van der Waals surface area contributed by atoms with Gasteiger partial charge in [0.05, 0.1) is 29.5 Å². The van der Waals surface area contributed by atoms with E-state index in [9.17, 15) is 21.6 Å². The Hall–Kier alpha value is -2.40. The lowest BCUT2D eigenvalue weighted by Gasteiger charge is -2.12. The van der Waals surface area contributed by atoms with Crippen molar-refractivity contribution in [2.75, 3.05) is 18.1 Å². The van der Waals surface area contributed by atoms with Gasteiger partial charge in [-0.2, -0.15) is 5.10 Å². The van der Waals surface area contributed by atoms with Crippen LogP contribution < -0.4 is 4.72 Å². The van der Waals surface area contributed by atoms with Crippen LogP contribution in [-0.2, 0) is 31.1 Å². The number of anilines is 1. The molecule has 0 unspecified atom stereocenters. The number of hydrogen-bond donors (Lipinski definition) is 1. The Morgan fingerprint density at radius 3 is 2.48 bits per heavy atom. The van der Waals surface area contributed by atoms with E-state index in [1.807, 2.05) is 0 Å². The smallest absolute Gasteiger partial charge is 0.337 e. The maximum atomic E-state index is 12.4. The summed E-state index contributed by atoms with van der Waals surface area (Å²) in [5.41, 5.74) is -0.177. The van der Waals surface area contributed by atoms with Crippen LogP contribution in [0.5, 0.6) is 0 Å². The number of aryl methyl sites for hydroxylation is 1. The van der Waals surface area contributed by atoms with Crippen molar-refractivity contribution in [3.8, 4) is 0 Å². The van der Waals surface area contributed by atoms with Crippen LogP contribution >= 0.6 is 0 Å². The number of nitrogens with zero attached hydrogens (tertiary/aromatic N) is 2. The number of esters is 1. The number of carbonyl (C=O) groups is 1. The molecule has 0 spiro atoms.